The molecule has 4 aliphatic rings. The minimum absolute atomic E-state index is 0.115. The van der Waals surface area contributed by atoms with Crippen molar-refractivity contribution in [1.82, 2.24) is 0 Å². The molecule has 0 radical (unpaired) electrons. The zero-order chi connectivity index (χ0) is 15.7. The van der Waals surface area contributed by atoms with E-state index in [-0.39, 0.29) is 16.9 Å². The van der Waals surface area contributed by atoms with E-state index in [0.29, 0.717) is 17.6 Å². The van der Waals surface area contributed by atoms with Gasteiger partial charge in [0.1, 0.15) is 0 Å². The molecular formula is C20H30O2. The lowest BCUT2D eigenvalue weighted by Crippen LogP contribution is -2.51. The molecule has 4 rings (SSSR count). The van der Waals surface area contributed by atoms with E-state index >= 15 is 0 Å². The Labute approximate surface area is 134 Å². The maximum Gasteiger partial charge on any atom is 0.155 e. The molecule has 0 aromatic carbocycles. The van der Waals surface area contributed by atoms with Crippen LogP contribution in [-0.2, 0) is 4.79 Å². The van der Waals surface area contributed by atoms with Crippen molar-refractivity contribution in [1.29, 1.82) is 0 Å². The Bertz CT molecular complexity index is 536. The van der Waals surface area contributed by atoms with Gasteiger partial charge < -0.3 is 5.11 Å². The van der Waals surface area contributed by atoms with Gasteiger partial charge in [0.25, 0.3) is 0 Å². The number of fused-ring (bicyclic) bond motifs is 5. The molecule has 3 fully saturated rings. The normalized spacial score (nSPS) is 54.3. The highest BCUT2D eigenvalue weighted by Gasteiger charge is 2.60. The van der Waals surface area contributed by atoms with Crippen LogP contribution < -0.4 is 0 Å². The van der Waals surface area contributed by atoms with E-state index in [1.54, 1.807) is 0 Å². The Morgan fingerprint density at radius 1 is 1.14 bits per heavy atom. The molecule has 0 aromatic rings. The fraction of sp³-hybridized carbons (Fsp3) is 0.850. The molecule has 0 aromatic heterocycles. The minimum Gasteiger partial charge on any atom is -0.392 e. The summed E-state index contributed by atoms with van der Waals surface area (Å²) in [5.74, 6) is 2.97. The molecule has 3 saturated carbocycles. The molecule has 0 heterocycles. The summed E-state index contributed by atoms with van der Waals surface area (Å²) < 4.78 is 0. The second-order valence-electron chi connectivity index (χ2n) is 9.17. The van der Waals surface area contributed by atoms with Crippen LogP contribution >= 0.6 is 0 Å². The van der Waals surface area contributed by atoms with E-state index in [1.165, 1.54) is 31.3 Å². The third kappa shape index (κ3) is 1.79. The quantitative estimate of drug-likeness (QED) is 0.730. The van der Waals surface area contributed by atoms with E-state index in [2.05, 4.69) is 20.8 Å². The van der Waals surface area contributed by atoms with Crippen molar-refractivity contribution in [3.05, 3.63) is 11.6 Å². The first kappa shape index (κ1) is 14.9. The van der Waals surface area contributed by atoms with Crippen LogP contribution in [0.1, 0.15) is 65.7 Å². The standard InChI is InChI=1S/C20H30O2/c1-12-10-17-15-5-4-13-11-14(21)6-8-19(13,2)16(15)7-9-20(17,3)18(12)22/h11-12,15-18,22H,4-10H2,1-3H3. The van der Waals surface area contributed by atoms with E-state index in [9.17, 15) is 9.90 Å². The summed E-state index contributed by atoms with van der Waals surface area (Å²) >= 11 is 0. The summed E-state index contributed by atoms with van der Waals surface area (Å²) in [5.41, 5.74) is 1.85. The lowest BCUT2D eigenvalue weighted by atomic mass is 9.47. The third-order valence-corrected chi connectivity index (χ3v) is 8.24. The SMILES string of the molecule is CC1CC2C3CCC4=CC(=O)CCC4(C)C3CCC2(C)C1O. The van der Waals surface area contributed by atoms with Crippen molar-refractivity contribution in [2.45, 2.75) is 71.8 Å². The molecule has 22 heavy (non-hydrogen) atoms. The van der Waals surface area contributed by atoms with Gasteiger partial charge in [0.05, 0.1) is 6.10 Å². The molecule has 0 bridgehead atoms. The predicted molar refractivity (Wildman–Crippen MR) is 87.3 cm³/mol. The fourth-order valence-electron chi connectivity index (χ4n) is 6.90. The van der Waals surface area contributed by atoms with E-state index in [4.69, 9.17) is 0 Å². The number of hydrogen-bond donors (Lipinski definition) is 1. The Balaban J connectivity index is 1.69. The van der Waals surface area contributed by atoms with Gasteiger partial charge in [-0.2, -0.15) is 0 Å². The Kier molecular flexibility index (Phi) is 3.18. The summed E-state index contributed by atoms with van der Waals surface area (Å²) in [5, 5.41) is 10.7. The summed E-state index contributed by atoms with van der Waals surface area (Å²) in [6.07, 6.45) is 9.62. The molecule has 0 aliphatic heterocycles. The summed E-state index contributed by atoms with van der Waals surface area (Å²) in [6, 6.07) is 0. The third-order valence-electron chi connectivity index (χ3n) is 8.24. The van der Waals surface area contributed by atoms with Gasteiger partial charge in [-0.05, 0) is 79.1 Å². The zero-order valence-electron chi connectivity index (χ0n) is 14.3. The molecule has 0 saturated heterocycles. The number of rotatable bonds is 0. The predicted octanol–water partition coefficient (Wildman–Crippen LogP) is 4.13. The zero-order valence-corrected chi connectivity index (χ0v) is 14.3. The first-order valence-electron chi connectivity index (χ1n) is 9.28. The van der Waals surface area contributed by atoms with Gasteiger partial charge in [-0.3, -0.25) is 4.79 Å². The van der Waals surface area contributed by atoms with Crippen molar-refractivity contribution in [3.63, 3.8) is 0 Å². The Morgan fingerprint density at radius 3 is 2.68 bits per heavy atom. The fourth-order valence-corrected chi connectivity index (χ4v) is 6.90. The van der Waals surface area contributed by atoms with Gasteiger partial charge in [0.15, 0.2) is 5.78 Å². The van der Waals surface area contributed by atoms with Crippen LogP contribution in [0.25, 0.3) is 0 Å². The lowest BCUT2D eigenvalue weighted by Gasteiger charge is -2.57. The Morgan fingerprint density at radius 2 is 1.91 bits per heavy atom. The second-order valence-corrected chi connectivity index (χ2v) is 9.17. The monoisotopic (exact) mass is 302 g/mol. The van der Waals surface area contributed by atoms with E-state index in [1.807, 2.05) is 6.08 Å². The number of aliphatic hydroxyl groups is 1. The summed E-state index contributed by atoms with van der Waals surface area (Å²) in [4.78, 5) is 11.8. The van der Waals surface area contributed by atoms with Crippen molar-refractivity contribution >= 4 is 5.78 Å². The lowest BCUT2D eigenvalue weighted by molar-refractivity contribution is -0.118. The van der Waals surface area contributed by atoms with Crippen LogP contribution in [0.5, 0.6) is 0 Å². The number of carbonyl (C=O) groups is 1. The van der Waals surface area contributed by atoms with E-state index in [0.717, 1.165) is 31.1 Å². The average molecular weight is 302 g/mol. The van der Waals surface area contributed by atoms with Crippen LogP contribution in [0.15, 0.2) is 11.6 Å². The number of aliphatic hydroxyl groups excluding tert-OH is 1. The van der Waals surface area contributed by atoms with Crippen LogP contribution in [0.2, 0.25) is 0 Å². The maximum atomic E-state index is 11.8. The van der Waals surface area contributed by atoms with Crippen LogP contribution in [0.3, 0.4) is 0 Å². The smallest absolute Gasteiger partial charge is 0.155 e. The molecule has 122 valence electrons. The highest BCUT2D eigenvalue weighted by atomic mass is 16.3. The first-order valence-corrected chi connectivity index (χ1v) is 9.28. The summed E-state index contributed by atoms with van der Waals surface area (Å²) in [7, 11) is 0. The molecule has 7 unspecified atom stereocenters. The van der Waals surface area contributed by atoms with Crippen LogP contribution in [-0.4, -0.2) is 17.0 Å². The van der Waals surface area contributed by atoms with Gasteiger partial charge in [-0.1, -0.05) is 26.3 Å². The van der Waals surface area contributed by atoms with Crippen molar-refractivity contribution in [3.8, 4) is 0 Å². The van der Waals surface area contributed by atoms with Crippen LogP contribution in [0.4, 0.5) is 0 Å². The molecule has 2 nitrogen and oxygen atoms in total. The second kappa shape index (κ2) is 4.69. The molecular weight excluding hydrogens is 272 g/mol. The highest BCUT2D eigenvalue weighted by Crippen LogP contribution is 2.65. The molecule has 4 aliphatic carbocycles. The number of hydrogen-bond acceptors (Lipinski definition) is 2. The molecule has 0 amide bonds. The number of carbonyl (C=O) groups excluding carboxylic acids is 1. The summed E-state index contributed by atoms with van der Waals surface area (Å²) in [6.45, 7) is 7.01. The van der Waals surface area contributed by atoms with E-state index < -0.39 is 0 Å². The molecule has 1 N–H and O–H groups in total. The Hall–Kier alpha value is -0.630. The van der Waals surface area contributed by atoms with Gasteiger partial charge in [0, 0.05) is 6.42 Å². The van der Waals surface area contributed by atoms with Gasteiger partial charge >= 0.3 is 0 Å². The van der Waals surface area contributed by atoms with Crippen molar-refractivity contribution < 1.29 is 9.90 Å². The number of ketones is 1. The topological polar surface area (TPSA) is 37.3 Å². The molecule has 2 heteroatoms. The van der Waals surface area contributed by atoms with Gasteiger partial charge in [-0.15, -0.1) is 0 Å². The van der Waals surface area contributed by atoms with Gasteiger partial charge in [0.2, 0.25) is 0 Å². The minimum atomic E-state index is -0.115. The van der Waals surface area contributed by atoms with Crippen molar-refractivity contribution in [2.24, 2.45) is 34.5 Å². The van der Waals surface area contributed by atoms with Crippen molar-refractivity contribution in [2.75, 3.05) is 0 Å². The van der Waals surface area contributed by atoms with Crippen LogP contribution in [0, 0.1) is 34.5 Å². The maximum absolute atomic E-state index is 11.8. The molecule has 0 spiro atoms. The molecule has 7 atom stereocenters. The number of allylic oxidation sites excluding steroid dienone is 1. The first-order chi connectivity index (χ1) is 10.4. The van der Waals surface area contributed by atoms with Gasteiger partial charge in [-0.25, -0.2) is 0 Å². The highest BCUT2D eigenvalue weighted by molar-refractivity contribution is 5.91. The average Bonchev–Trinajstić information content (AvgIpc) is 2.72. The largest absolute Gasteiger partial charge is 0.392 e.